The van der Waals surface area contributed by atoms with E-state index in [2.05, 4.69) is 10.3 Å². The number of nitrogens with zero attached hydrogens (tertiary/aromatic N) is 2. The Balaban J connectivity index is 2.05. The van der Waals surface area contributed by atoms with Crippen LogP contribution in [0.5, 0.6) is 5.75 Å². The molecule has 1 atom stereocenters. The molecular weight excluding hydrogens is 350 g/mol. The average molecular weight is 373 g/mol. The molecular formula is C19H23N3O3S. The lowest BCUT2D eigenvalue weighted by Crippen LogP contribution is -2.33. The third-order valence-electron chi connectivity index (χ3n) is 4.23. The number of thioether (sulfide) groups is 1. The first-order valence-corrected chi connectivity index (χ1v) is 9.69. The number of nitrogens with one attached hydrogen (secondary N) is 1. The predicted molar refractivity (Wildman–Crippen MR) is 103 cm³/mol. The molecule has 1 aromatic carbocycles. The molecule has 0 radical (unpaired) electrons. The number of benzene rings is 1. The number of hydrogen-bond acceptors (Lipinski definition) is 5. The average Bonchev–Trinajstić information content (AvgIpc) is 2.59. The summed E-state index contributed by atoms with van der Waals surface area (Å²) in [5, 5.41) is 3.46. The molecule has 2 heterocycles. The van der Waals surface area contributed by atoms with Gasteiger partial charge in [-0.05, 0) is 37.3 Å². The zero-order chi connectivity index (χ0) is 18.8. The maximum atomic E-state index is 12.7. The fraction of sp³-hybridized carbons (Fsp3) is 0.421. The van der Waals surface area contributed by atoms with Crippen molar-refractivity contribution >= 4 is 23.5 Å². The quantitative estimate of drug-likeness (QED) is 0.644. The van der Waals surface area contributed by atoms with Crippen molar-refractivity contribution in [3.05, 3.63) is 45.7 Å². The lowest BCUT2D eigenvalue weighted by Gasteiger charge is -2.27. The first-order valence-electron chi connectivity index (χ1n) is 8.70. The predicted octanol–water partition coefficient (Wildman–Crippen LogP) is 3.15. The first kappa shape index (κ1) is 18.5. The lowest BCUT2D eigenvalue weighted by molar-refractivity contribution is -0.116. The summed E-state index contributed by atoms with van der Waals surface area (Å²) in [5.41, 5.74) is 1.18. The van der Waals surface area contributed by atoms with Crippen LogP contribution in [-0.2, 0) is 11.8 Å². The number of rotatable bonds is 5. The van der Waals surface area contributed by atoms with Crippen molar-refractivity contribution in [2.45, 2.75) is 44.4 Å². The molecule has 1 aliphatic heterocycles. The molecule has 138 valence electrons. The van der Waals surface area contributed by atoms with Gasteiger partial charge in [-0.25, -0.2) is 0 Å². The Labute approximate surface area is 157 Å². The van der Waals surface area contributed by atoms with Crippen molar-refractivity contribution in [2.24, 2.45) is 7.05 Å². The van der Waals surface area contributed by atoms with Gasteiger partial charge >= 0.3 is 0 Å². The Hall–Kier alpha value is -2.28. The Morgan fingerprint density at radius 3 is 2.62 bits per heavy atom. The number of aromatic nitrogens is 2. The summed E-state index contributed by atoms with van der Waals surface area (Å²) in [6.07, 6.45) is 0.321. The molecule has 6 nitrogen and oxygen atoms in total. The van der Waals surface area contributed by atoms with Gasteiger partial charge < -0.3 is 14.6 Å². The van der Waals surface area contributed by atoms with E-state index < -0.39 is 0 Å². The highest BCUT2D eigenvalue weighted by atomic mass is 32.2. The van der Waals surface area contributed by atoms with Gasteiger partial charge in [0.05, 0.1) is 11.7 Å². The third kappa shape index (κ3) is 3.62. The fourth-order valence-corrected chi connectivity index (χ4v) is 3.82. The molecule has 0 unspecified atom stereocenters. The fourth-order valence-electron chi connectivity index (χ4n) is 3.13. The minimum atomic E-state index is -0.307. The summed E-state index contributed by atoms with van der Waals surface area (Å²) in [7, 11) is 1.82. The van der Waals surface area contributed by atoms with E-state index in [0.29, 0.717) is 16.5 Å². The second-order valence-electron chi connectivity index (χ2n) is 6.49. The van der Waals surface area contributed by atoms with Crippen LogP contribution in [0.2, 0.25) is 0 Å². The topological polar surface area (TPSA) is 73.2 Å². The number of hydrogen-bond donors (Lipinski definition) is 1. The molecule has 7 heteroatoms. The van der Waals surface area contributed by atoms with Crippen LogP contribution in [-0.4, -0.2) is 27.3 Å². The van der Waals surface area contributed by atoms with Gasteiger partial charge in [0.15, 0.2) is 5.16 Å². The smallest absolute Gasteiger partial charge is 0.279 e. The summed E-state index contributed by atoms with van der Waals surface area (Å²) in [5.74, 6) is 1.71. The molecule has 1 aromatic heterocycles. The van der Waals surface area contributed by atoms with Crippen LogP contribution in [0.3, 0.4) is 0 Å². The van der Waals surface area contributed by atoms with Crippen LogP contribution in [0.4, 0.5) is 5.82 Å². The molecule has 1 amide bonds. The van der Waals surface area contributed by atoms with Crippen molar-refractivity contribution < 1.29 is 9.53 Å². The largest absolute Gasteiger partial charge is 0.491 e. The first-order chi connectivity index (χ1) is 12.4. The summed E-state index contributed by atoms with van der Waals surface area (Å²) < 4.78 is 7.47. The summed E-state index contributed by atoms with van der Waals surface area (Å²) in [4.78, 5) is 29.2. The Morgan fingerprint density at radius 2 is 2.00 bits per heavy atom. The zero-order valence-electron chi connectivity index (χ0n) is 15.4. The van der Waals surface area contributed by atoms with Crippen LogP contribution in [0.25, 0.3) is 0 Å². The Morgan fingerprint density at radius 1 is 1.31 bits per heavy atom. The zero-order valence-corrected chi connectivity index (χ0v) is 16.2. The van der Waals surface area contributed by atoms with Crippen LogP contribution in [0, 0.1) is 0 Å². The number of ether oxygens (including phenoxy) is 1. The molecule has 26 heavy (non-hydrogen) atoms. The maximum absolute atomic E-state index is 12.7. The van der Waals surface area contributed by atoms with Crippen molar-refractivity contribution in [1.82, 2.24) is 9.55 Å². The van der Waals surface area contributed by atoms with Gasteiger partial charge in [0.25, 0.3) is 5.56 Å². The van der Waals surface area contributed by atoms with Crippen LogP contribution >= 0.6 is 11.8 Å². The van der Waals surface area contributed by atoms with Gasteiger partial charge in [0.1, 0.15) is 11.6 Å². The van der Waals surface area contributed by atoms with E-state index in [1.807, 2.05) is 52.1 Å². The summed E-state index contributed by atoms with van der Waals surface area (Å²) >= 11 is 1.48. The van der Waals surface area contributed by atoms with Crippen molar-refractivity contribution in [3.8, 4) is 5.75 Å². The molecule has 0 spiro atoms. The summed E-state index contributed by atoms with van der Waals surface area (Å²) in [6, 6.07) is 7.58. The van der Waals surface area contributed by atoms with E-state index in [0.717, 1.165) is 17.1 Å². The molecule has 0 bridgehead atoms. The molecule has 1 aliphatic rings. The Kier molecular flexibility index (Phi) is 5.36. The van der Waals surface area contributed by atoms with Crippen LogP contribution in [0.15, 0.2) is 34.2 Å². The number of carbonyl (C=O) groups excluding carboxylic acids is 1. The third-order valence-corrected chi connectivity index (χ3v) is 5.14. The second-order valence-corrected chi connectivity index (χ2v) is 7.73. The van der Waals surface area contributed by atoms with Crippen LogP contribution in [0.1, 0.15) is 44.2 Å². The highest BCUT2D eigenvalue weighted by molar-refractivity contribution is 7.99. The van der Waals surface area contributed by atoms with Gasteiger partial charge in [0.2, 0.25) is 5.91 Å². The Bertz CT molecular complexity index is 875. The molecule has 2 aromatic rings. The van der Waals surface area contributed by atoms with Gasteiger partial charge in [-0.3, -0.25) is 9.59 Å². The monoisotopic (exact) mass is 373 g/mol. The normalized spacial score (nSPS) is 16.3. The molecule has 0 saturated carbocycles. The highest BCUT2D eigenvalue weighted by Crippen LogP contribution is 2.36. The minimum absolute atomic E-state index is 0.0908. The van der Waals surface area contributed by atoms with Crippen molar-refractivity contribution in [2.75, 3.05) is 11.1 Å². The maximum Gasteiger partial charge on any atom is 0.279 e. The SMILES string of the molecule is CCSc1nc(=O)c2c(n1C)NC(=O)C[C@@H]2c1ccc(OC(C)C)cc1. The van der Waals surface area contributed by atoms with E-state index in [1.54, 1.807) is 4.57 Å². The molecule has 1 N–H and O–H groups in total. The standard InChI is InChI=1S/C19H23N3O3S/c1-5-26-19-21-18(24)16-14(10-15(23)20-17(16)22(19)4)12-6-8-13(9-7-12)25-11(2)3/h6-9,11,14H,5,10H2,1-4H3,(H,20,23)/t14-/m1/s1. The van der Waals surface area contributed by atoms with Crippen LogP contribution < -0.4 is 15.6 Å². The number of fused-ring (bicyclic) bond motifs is 1. The number of anilines is 1. The van der Waals surface area contributed by atoms with E-state index in [9.17, 15) is 9.59 Å². The van der Waals surface area contributed by atoms with Crippen molar-refractivity contribution in [1.29, 1.82) is 0 Å². The second kappa shape index (κ2) is 7.53. The lowest BCUT2D eigenvalue weighted by atomic mass is 9.87. The van der Waals surface area contributed by atoms with Gasteiger partial charge in [-0.2, -0.15) is 4.98 Å². The number of amides is 1. The van der Waals surface area contributed by atoms with E-state index in [1.165, 1.54) is 11.8 Å². The highest BCUT2D eigenvalue weighted by Gasteiger charge is 2.32. The van der Waals surface area contributed by atoms with Gasteiger partial charge in [0, 0.05) is 19.4 Å². The number of carbonyl (C=O) groups is 1. The molecule has 3 rings (SSSR count). The molecule has 0 fully saturated rings. The van der Waals surface area contributed by atoms with Crippen molar-refractivity contribution in [3.63, 3.8) is 0 Å². The van der Waals surface area contributed by atoms with Gasteiger partial charge in [-0.1, -0.05) is 30.8 Å². The van der Waals surface area contributed by atoms with Gasteiger partial charge in [-0.15, -0.1) is 0 Å². The molecule has 0 aliphatic carbocycles. The summed E-state index contributed by atoms with van der Waals surface area (Å²) in [6.45, 7) is 5.94. The minimum Gasteiger partial charge on any atom is -0.491 e. The van der Waals surface area contributed by atoms with E-state index in [-0.39, 0.29) is 29.9 Å². The van der Waals surface area contributed by atoms with E-state index in [4.69, 9.17) is 4.74 Å². The van der Waals surface area contributed by atoms with E-state index >= 15 is 0 Å². The molecule has 0 saturated heterocycles.